The van der Waals surface area contributed by atoms with E-state index in [2.05, 4.69) is 29.6 Å². The van der Waals surface area contributed by atoms with E-state index in [-0.39, 0.29) is 30.1 Å². The molecule has 0 spiro atoms. The highest BCUT2D eigenvalue weighted by atomic mass is 32.2. The van der Waals surface area contributed by atoms with E-state index in [1.165, 1.54) is 0 Å². The topological polar surface area (TPSA) is 101 Å². The maximum absolute atomic E-state index is 11.7. The minimum atomic E-state index is -2.99. The van der Waals surface area contributed by atoms with Gasteiger partial charge in [-0.3, -0.25) is 0 Å². The lowest BCUT2D eigenvalue weighted by Gasteiger charge is -2.10. The number of sulfone groups is 1. The van der Waals surface area contributed by atoms with Gasteiger partial charge < -0.3 is 15.2 Å². The molecule has 118 valence electrons. The molecule has 1 aromatic rings. The Bertz CT molecular complexity index is 594. The fourth-order valence-electron chi connectivity index (χ4n) is 2.27. The highest BCUT2D eigenvalue weighted by Gasteiger charge is 2.28. The summed E-state index contributed by atoms with van der Waals surface area (Å²) in [5.74, 6) is 1.23. The maximum Gasteiger partial charge on any atom is 0.315 e. The molecule has 1 aromatic heterocycles. The van der Waals surface area contributed by atoms with Gasteiger partial charge in [-0.2, -0.15) is 0 Å². The number of nitrogens with one attached hydrogen (secondary N) is 2. The van der Waals surface area contributed by atoms with Crippen LogP contribution < -0.4 is 10.6 Å². The second-order valence-corrected chi connectivity index (χ2v) is 8.04. The van der Waals surface area contributed by atoms with Gasteiger partial charge in [0, 0.05) is 12.1 Å². The molecule has 1 saturated heterocycles. The van der Waals surface area contributed by atoms with Crippen LogP contribution in [0, 0.1) is 5.92 Å². The van der Waals surface area contributed by atoms with Crippen molar-refractivity contribution >= 4 is 15.9 Å². The van der Waals surface area contributed by atoms with E-state index in [9.17, 15) is 13.2 Å². The molecule has 1 aliphatic rings. The van der Waals surface area contributed by atoms with E-state index in [0.29, 0.717) is 18.1 Å². The van der Waals surface area contributed by atoms with Crippen molar-refractivity contribution in [3.8, 4) is 0 Å². The summed E-state index contributed by atoms with van der Waals surface area (Å²) in [6, 6.07) is 1.13. The van der Waals surface area contributed by atoms with Crippen LogP contribution in [0.1, 0.15) is 31.7 Å². The number of aromatic nitrogens is 1. The van der Waals surface area contributed by atoms with Crippen LogP contribution in [0.3, 0.4) is 0 Å². The molecular formula is C13H21N3O4S. The van der Waals surface area contributed by atoms with Gasteiger partial charge in [0.1, 0.15) is 0 Å². The molecule has 2 heterocycles. The van der Waals surface area contributed by atoms with E-state index in [1.54, 1.807) is 0 Å². The van der Waals surface area contributed by atoms with Crippen molar-refractivity contribution < 1.29 is 17.7 Å². The third-order valence-electron chi connectivity index (χ3n) is 3.22. The molecule has 1 unspecified atom stereocenters. The summed E-state index contributed by atoms with van der Waals surface area (Å²) in [4.78, 5) is 11.7. The molecule has 0 aliphatic carbocycles. The van der Waals surface area contributed by atoms with Crippen molar-refractivity contribution in [2.24, 2.45) is 5.92 Å². The van der Waals surface area contributed by atoms with Crippen LogP contribution in [0.4, 0.5) is 4.79 Å². The lowest BCUT2D eigenvalue weighted by Crippen LogP contribution is -2.42. The number of carbonyl (C=O) groups is 1. The fraction of sp³-hybridized carbons (Fsp3) is 0.692. The second-order valence-electron chi connectivity index (χ2n) is 5.81. The summed E-state index contributed by atoms with van der Waals surface area (Å²) < 4.78 is 27.7. The minimum Gasteiger partial charge on any atom is -0.359 e. The normalized spacial score (nSPS) is 20.6. The molecule has 0 aromatic carbocycles. The van der Waals surface area contributed by atoms with Gasteiger partial charge in [-0.25, -0.2) is 13.2 Å². The van der Waals surface area contributed by atoms with E-state index >= 15 is 0 Å². The first-order chi connectivity index (χ1) is 9.84. The summed E-state index contributed by atoms with van der Waals surface area (Å²) in [6.45, 7) is 4.42. The third-order valence-corrected chi connectivity index (χ3v) is 4.98. The van der Waals surface area contributed by atoms with E-state index in [0.717, 1.165) is 12.1 Å². The van der Waals surface area contributed by atoms with Gasteiger partial charge in [0.2, 0.25) is 0 Å². The highest BCUT2D eigenvalue weighted by molar-refractivity contribution is 7.91. The molecule has 8 heteroatoms. The first-order valence-electron chi connectivity index (χ1n) is 7.03. The number of carbonyl (C=O) groups excluding carboxylic acids is 1. The Labute approximate surface area is 124 Å². The SMILES string of the molecule is CC(C)Cc1cc(CNC(=O)NC2CCS(=O)(=O)C2)on1. The zero-order chi connectivity index (χ0) is 15.5. The molecule has 2 rings (SSSR count). The first-order valence-corrected chi connectivity index (χ1v) is 8.85. The Hall–Kier alpha value is -1.57. The van der Waals surface area contributed by atoms with Crippen LogP contribution in [0.2, 0.25) is 0 Å². The van der Waals surface area contributed by atoms with Gasteiger partial charge >= 0.3 is 6.03 Å². The summed E-state index contributed by atoms with van der Waals surface area (Å²) >= 11 is 0. The second kappa shape index (κ2) is 6.46. The first kappa shape index (κ1) is 15.8. The Morgan fingerprint density at radius 2 is 2.29 bits per heavy atom. The monoisotopic (exact) mass is 315 g/mol. The van der Waals surface area contributed by atoms with Crippen molar-refractivity contribution in [1.82, 2.24) is 15.8 Å². The maximum atomic E-state index is 11.7. The summed E-state index contributed by atoms with van der Waals surface area (Å²) in [7, 11) is -2.99. The molecule has 1 atom stereocenters. The molecule has 7 nitrogen and oxygen atoms in total. The van der Waals surface area contributed by atoms with Gasteiger partial charge in [0.25, 0.3) is 0 Å². The molecule has 1 fully saturated rings. The lowest BCUT2D eigenvalue weighted by atomic mass is 10.1. The predicted molar refractivity (Wildman–Crippen MR) is 77.5 cm³/mol. The van der Waals surface area contributed by atoms with Crippen LogP contribution in [0.5, 0.6) is 0 Å². The standard InChI is InChI=1S/C13H21N3O4S/c1-9(2)5-11-6-12(20-16-11)7-14-13(17)15-10-3-4-21(18,19)8-10/h6,9-10H,3-5,7-8H2,1-2H3,(H2,14,15,17). The van der Waals surface area contributed by atoms with Gasteiger partial charge in [-0.15, -0.1) is 0 Å². The molecule has 0 saturated carbocycles. The van der Waals surface area contributed by atoms with Gasteiger partial charge in [0.05, 0.1) is 23.7 Å². The molecular weight excluding hydrogens is 294 g/mol. The Kier molecular flexibility index (Phi) is 4.87. The summed E-state index contributed by atoms with van der Waals surface area (Å²) in [5.41, 5.74) is 0.865. The number of hydrogen-bond acceptors (Lipinski definition) is 5. The zero-order valence-electron chi connectivity index (χ0n) is 12.3. The van der Waals surface area contributed by atoms with E-state index < -0.39 is 9.84 Å². The van der Waals surface area contributed by atoms with Crippen LogP contribution >= 0.6 is 0 Å². The zero-order valence-corrected chi connectivity index (χ0v) is 13.1. The molecule has 21 heavy (non-hydrogen) atoms. The number of urea groups is 1. The van der Waals surface area contributed by atoms with Crippen LogP contribution in [0.15, 0.2) is 10.6 Å². The van der Waals surface area contributed by atoms with Crippen molar-refractivity contribution in [2.75, 3.05) is 11.5 Å². The molecule has 2 N–H and O–H groups in total. The number of rotatable bonds is 5. The molecule has 1 aliphatic heterocycles. The van der Waals surface area contributed by atoms with E-state index in [1.807, 2.05) is 6.07 Å². The minimum absolute atomic E-state index is 0.0151. The van der Waals surface area contributed by atoms with Crippen molar-refractivity contribution in [3.05, 3.63) is 17.5 Å². The van der Waals surface area contributed by atoms with Crippen molar-refractivity contribution in [2.45, 2.75) is 39.3 Å². The van der Waals surface area contributed by atoms with Gasteiger partial charge in [-0.1, -0.05) is 19.0 Å². The smallest absolute Gasteiger partial charge is 0.315 e. The number of nitrogens with zero attached hydrogens (tertiary/aromatic N) is 1. The van der Waals surface area contributed by atoms with Crippen LogP contribution in [-0.4, -0.2) is 37.2 Å². The van der Waals surface area contributed by atoms with Gasteiger partial charge in [0.15, 0.2) is 15.6 Å². The van der Waals surface area contributed by atoms with E-state index in [4.69, 9.17) is 4.52 Å². The van der Waals surface area contributed by atoms with Crippen LogP contribution in [0.25, 0.3) is 0 Å². The quantitative estimate of drug-likeness (QED) is 0.839. The summed E-state index contributed by atoms with van der Waals surface area (Å²) in [6.07, 6.45) is 1.30. The average molecular weight is 315 g/mol. The van der Waals surface area contributed by atoms with Crippen LogP contribution in [-0.2, 0) is 22.8 Å². The fourth-order valence-corrected chi connectivity index (χ4v) is 3.94. The summed E-state index contributed by atoms with van der Waals surface area (Å²) in [5, 5.41) is 9.22. The number of amides is 2. The average Bonchev–Trinajstić information content (AvgIpc) is 2.93. The molecule has 0 bridgehead atoms. The largest absolute Gasteiger partial charge is 0.359 e. The molecule has 2 amide bonds. The third kappa shape index (κ3) is 5.04. The Morgan fingerprint density at radius 3 is 2.90 bits per heavy atom. The molecule has 0 radical (unpaired) electrons. The predicted octanol–water partition coefficient (Wildman–Crippen LogP) is 0.859. The Morgan fingerprint density at radius 1 is 1.52 bits per heavy atom. The Balaban J connectivity index is 1.75. The lowest BCUT2D eigenvalue weighted by molar-refractivity contribution is 0.236. The van der Waals surface area contributed by atoms with Gasteiger partial charge in [-0.05, 0) is 18.8 Å². The van der Waals surface area contributed by atoms with Crippen molar-refractivity contribution in [1.29, 1.82) is 0 Å². The van der Waals surface area contributed by atoms with Crippen molar-refractivity contribution in [3.63, 3.8) is 0 Å². The number of hydrogen-bond donors (Lipinski definition) is 2. The highest BCUT2D eigenvalue weighted by Crippen LogP contribution is 2.11.